The monoisotopic (exact) mass is 280 g/mol. The molecule has 1 saturated carbocycles. The minimum atomic E-state index is 0.939. The molecule has 120 valence electrons. The molecule has 0 saturated heterocycles. The molecule has 0 heteroatoms. The average molecular weight is 281 g/mol. The van der Waals surface area contributed by atoms with Gasteiger partial charge in [0.25, 0.3) is 0 Å². The van der Waals surface area contributed by atoms with Crippen LogP contribution in [-0.4, -0.2) is 0 Å². The van der Waals surface area contributed by atoms with Crippen LogP contribution in [-0.2, 0) is 0 Å². The molecule has 0 radical (unpaired) electrons. The van der Waals surface area contributed by atoms with Crippen molar-refractivity contribution in [3.8, 4) is 0 Å². The lowest BCUT2D eigenvalue weighted by molar-refractivity contribution is -0.0605. The van der Waals surface area contributed by atoms with Crippen LogP contribution >= 0.6 is 0 Å². The Labute approximate surface area is 129 Å². The fraction of sp³-hybridized carbons (Fsp3) is 1.00. The van der Waals surface area contributed by atoms with E-state index in [1.54, 1.807) is 0 Å². The molecule has 1 rings (SSSR count). The van der Waals surface area contributed by atoms with Gasteiger partial charge in [0.2, 0.25) is 0 Å². The summed E-state index contributed by atoms with van der Waals surface area (Å²) >= 11 is 0. The lowest BCUT2D eigenvalue weighted by Crippen LogP contribution is -2.48. The van der Waals surface area contributed by atoms with Gasteiger partial charge in [-0.1, -0.05) is 86.5 Å². The molecule has 1 aliphatic rings. The molecule has 0 heterocycles. The first-order valence-electron chi connectivity index (χ1n) is 9.58. The third kappa shape index (κ3) is 4.25. The van der Waals surface area contributed by atoms with Crippen molar-refractivity contribution in [1.82, 2.24) is 0 Å². The minimum Gasteiger partial charge on any atom is -0.0654 e. The maximum atomic E-state index is 2.54. The first-order chi connectivity index (χ1) is 9.58. The van der Waals surface area contributed by atoms with E-state index < -0.39 is 0 Å². The molecular formula is C20H40. The molecule has 4 atom stereocenters. The second kappa shape index (κ2) is 9.11. The van der Waals surface area contributed by atoms with E-state index in [0.29, 0.717) is 0 Å². The number of hydrogen-bond acceptors (Lipinski definition) is 0. The molecule has 0 aromatic heterocycles. The molecule has 0 spiro atoms. The Kier molecular flexibility index (Phi) is 8.22. The van der Waals surface area contributed by atoms with Crippen molar-refractivity contribution in [3.63, 3.8) is 0 Å². The maximum absolute atomic E-state index is 2.54. The molecular weight excluding hydrogens is 240 g/mol. The lowest BCUT2D eigenvalue weighted by atomic mass is 9.51. The molecule has 4 unspecified atom stereocenters. The van der Waals surface area contributed by atoms with Crippen LogP contribution in [0.3, 0.4) is 0 Å². The van der Waals surface area contributed by atoms with E-state index in [9.17, 15) is 0 Å². The van der Waals surface area contributed by atoms with Gasteiger partial charge in [-0.2, -0.15) is 0 Å². The summed E-state index contributed by atoms with van der Waals surface area (Å²) in [7, 11) is 0. The van der Waals surface area contributed by atoms with Crippen LogP contribution in [0.25, 0.3) is 0 Å². The van der Waals surface area contributed by atoms with Crippen LogP contribution in [0.1, 0.15) is 92.9 Å². The van der Waals surface area contributed by atoms with Crippen LogP contribution in [0.2, 0.25) is 0 Å². The summed E-state index contributed by atoms with van der Waals surface area (Å²) in [5, 5.41) is 0. The molecule has 0 aromatic carbocycles. The minimum absolute atomic E-state index is 0.939. The molecule has 20 heavy (non-hydrogen) atoms. The van der Waals surface area contributed by atoms with Gasteiger partial charge in [-0.25, -0.2) is 0 Å². The Morgan fingerprint density at radius 3 is 1.95 bits per heavy atom. The summed E-state index contributed by atoms with van der Waals surface area (Å²) in [4.78, 5) is 0. The number of unbranched alkanes of at least 4 members (excludes halogenated alkanes) is 3. The molecule has 0 aromatic rings. The number of rotatable bonds is 10. The largest absolute Gasteiger partial charge is 0.0654 e. The third-order valence-electron chi connectivity index (χ3n) is 6.40. The molecule has 1 aliphatic carbocycles. The van der Waals surface area contributed by atoms with E-state index in [2.05, 4.69) is 41.5 Å². The van der Waals surface area contributed by atoms with E-state index in [1.807, 2.05) is 0 Å². The zero-order valence-corrected chi connectivity index (χ0v) is 15.1. The fourth-order valence-corrected chi connectivity index (χ4v) is 5.24. The predicted octanol–water partition coefficient (Wildman–Crippen LogP) is 6.94. The Bertz CT molecular complexity index is 234. The summed E-state index contributed by atoms with van der Waals surface area (Å²) < 4.78 is 0. The molecule has 0 nitrogen and oxygen atoms in total. The molecule has 0 N–H and O–H groups in total. The van der Waals surface area contributed by atoms with Crippen molar-refractivity contribution in [2.24, 2.45) is 35.5 Å². The zero-order chi connectivity index (χ0) is 15.1. The highest BCUT2D eigenvalue weighted by Crippen LogP contribution is 2.54. The highest BCUT2D eigenvalue weighted by molar-refractivity contribution is 4.96. The van der Waals surface area contributed by atoms with E-state index in [1.165, 1.54) is 51.4 Å². The summed E-state index contributed by atoms with van der Waals surface area (Å²) in [6, 6.07) is 0. The topological polar surface area (TPSA) is 0 Å². The number of hydrogen-bond donors (Lipinski definition) is 0. The SMILES string of the molecule is CCCCCCC(C(C)CCC)C1C(C)C(CC)C1C. The zero-order valence-electron chi connectivity index (χ0n) is 15.1. The van der Waals surface area contributed by atoms with Crippen LogP contribution in [0.15, 0.2) is 0 Å². The highest BCUT2D eigenvalue weighted by Gasteiger charge is 2.47. The quantitative estimate of drug-likeness (QED) is 0.380. The Morgan fingerprint density at radius 1 is 0.800 bits per heavy atom. The summed E-state index contributed by atoms with van der Waals surface area (Å²) in [6.07, 6.45) is 11.4. The van der Waals surface area contributed by atoms with Gasteiger partial charge in [0.05, 0.1) is 0 Å². The lowest BCUT2D eigenvalue weighted by Gasteiger charge is -2.54. The first kappa shape index (κ1) is 18.1. The van der Waals surface area contributed by atoms with Crippen molar-refractivity contribution in [1.29, 1.82) is 0 Å². The van der Waals surface area contributed by atoms with Gasteiger partial charge in [0.1, 0.15) is 0 Å². The summed E-state index contributed by atoms with van der Waals surface area (Å²) in [5.41, 5.74) is 0. The fourth-order valence-electron chi connectivity index (χ4n) is 5.24. The maximum Gasteiger partial charge on any atom is -0.0326 e. The van der Waals surface area contributed by atoms with Gasteiger partial charge in [0, 0.05) is 0 Å². The molecule has 0 amide bonds. The van der Waals surface area contributed by atoms with Crippen molar-refractivity contribution < 1.29 is 0 Å². The average Bonchev–Trinajstić information content (AvgIpc) is 2.43. The van der Waals surface area contributed by atoms with Gasteiger partial charge >= 0.3 is 0 Å². The first-order valence-corrected chi connectivity index (χ1v) is 9.58. The second-order valence-corrected chi connectivity index (χ2v) is 7.65. The van der Waals surface area contributed by atoms with E-state index in [4.69, 9.17) is 0 Å². The Hall–Kier alpha value is 0. The van der Waals surface area contributed by atoms with Crippen LogP contribution in [0.4, 0.5) is 0 Å². The third-order valence-corrected chi connectivity index (χ3v) is 6.40. The summed E-state index contributed by atoms with van der Waals surface area (Å²) in [5.74, 6) is 5.92. The van der Waals surface area contributed by atoms with Gasteiger partial charge in [0.15, 0.2) is 0 Å². The van der Waals surface area contributed by atoms with Gasteiger partial charge < -0.3 is 0 Å². The van der Waals surface area contributed by atoms with Crippen LogP contribution < -0.4 is 0 Å². The van der Waals surface area contributed by atoms with Crippen LogP contribution in [0.5, 0.6) is 0 Å². The molecule has 0 bridgehead atoms. The van der Waals surface area contributed by atoms with Gasteiger partial charge in [-0.05, 0) is 41.9 Å². The smallest absolute Gasteiger partial charge is 0.0326 e. The standard InChI is InChI=1S/C20H40/c1-7-10-11-12-14-19(15(4)13-8-2)20-16(5)18(9-3)17(20)6/h15-20H,7-14H2,1-6H3. The van der Waals surface area contributed by atoms with Crippen LogP contribution in [0, 0.1) is 35.5 Å². The Balaban J connectivity index is 2.58. The van der Waals surface area contributed by atoms with E-state index in [-0.39, 0.29) is 0 Å². The van der Waals surface area contributed by atoms with Crippen molar-refractivity contribution >= 4 is 0 Å². The Morgan fingerprint density at radius 2 is 1.45 bits per heavy atom. The van der Waals surface area contributed by atoms with E-state index in [0.717, 1.165) is 35.5 Å². The van der Waals surface area contributed by atoms with Crippen molar-refractivity contribution in [2.45, 2.75) is 92.9 Å². The highest BCUT2D eigenvalue weighted by atomic mass is 14.5. The normalized spacial score (nSPS) is 32.7. The molecule has 0 aliphatic heterocycles. The second-order valence-electron chi connectivity index (χ2n) is 7.65. The molecule has 1 fully saturated rings. The summed E-state index contributed by atoms with van der Waals surface area (Å²) in [6.45, 7) is 14.7. The van der Waals surface area contributed by atoms with Gasteiger partial charge in [-0.15, -0.1) is 0 Å². The van der Waals surface area contributed by atoms with Gasteiger partial charge in [-0.3, -0.25) is 0 Å². The predicted molar refractivity (Wildman–Crippen MR) is 91.9 cm³/mol. The van der Waals surface area contributed by atoms with Crippen molar-refractivity contribution in [3.05, 3.63) is 0 Å². The van der Waals surface area contributed by atoms with Crippen molar-refractivity contribution in [2.75, 3.05) is 0 Å². The van der Waals surface area contributed by atoms with E-state index >= 15 is 0 Å².